The van der Waals surface area contributed by atoms with Gasteiger partial charge >= 0.3 is 5.69 Å². The Morgan fingerprint density at radius 3 is 2.76 bits per heavy atom. The van der Waals surface area contributed by atoms with Crippen LogP contribution >= 0.6 is 0 Å². The summed E-state index contributed by atoms with van der Waals surface area (Å²) >= 11 is 0. The van der Waals surface area contributed by atoms with E-state index in [0.717, 1.165) is 12.3 Å². The van der Waals surface area contributed by atoms with Crippen molar-refractivity contribution in [2.24, 2.45) is 0 Å². The molecule has 1 aliphatic heterocycles. The van der Waals surface area contributed by atoms with Gasteiger partial charge in [-0.25, -0.2) is 13.8 Å². The van der Waals surface area contributed by atoms with Gasteiger partial charge < -0.3 is 14.9 Å². The number of aliphatic hydroxyl groups excluding tert-OH is 2. The third-order valence-electron chi connectivity index (χ3n) is 2.30. The largest absolute Gasteiger partial charge is 0.468 e. The van der Waals surface area contributed by atoms with Gasteiger partial charge in [0.15, 0.2) is 11.9 Å². The van der Waals surface area contributed by atoms with Crippen molar-refractivity contribution in [3.8, 4) is 0 Å². The van der Waals surface area contributed by atoms with E-state index in [9.17, 15) is 19.1 Å². The molecule has 2 atom stereocenters. The van der Waals surface area contributed by atoms with Crippen LogP contribution in [0, 0.1) is 0 Å². The lowest BCUT2D eigenvalue weighted by Gasteiger charge is -2.12. The summed E-state index contributed by atoms with van der Waals surface area (Å²) in [6.45, 7) is -0.601. The van der Waals surface area contributed by atoms with Crippen molar-refractivity contribution in [1.29, 1.82) is 0 Å². The lowest BCUT2D eigenvalue weighted by molar-refractivity contribution is 0.0182. The van der Waals surface area contributed by atoms with Crippen molar-refractivity contribution in [2.75, 3.05) is 6.61 Å². The number of hydrogen-bond acceptors (Lipinski definition) is 5. The van der Waals surface area contributed by atoms with Gasteiger partial charge in [0.2, 0.25) is 5.88 Å². The highest BCUT2D eigenvalue weighted by Gasteiger charge is 2.37. The number of rotatable bonds is 2. The van der Waals surface area contributed by atoms with Crippen LogP contribution in [0.1, 0.15) is 0 Å². The van der Waals surface area contributed by atoms with Crippen LogP contribution in [-0.4, -0.2) is 38.6 Å². The van der Waals surface area contributed by atoms with Crippen molar-refractivity contribution in [1.82, 2.24) is 9.55 Å². The van der Waals surface area contributed by atoms with Gasteiger partial charge in [-0.05, 0) is 0 Å². The summed E-state index contributed by atoms with van der Waals surface area (Å²) in [4.78, 5) is 24.1. The van der Waals surface area contributed by atoms with Gasteiger partial charge in [-0.3, -0.25) is 9.78 Å². The Bertz CT molecular complexity index is 575. The lowest BCUT2D eigenvalue weighted by Crippen LogP contribution is -2.29. The van der Waals surface area contributed by atoms with E-state index >= 15 is 0 Å². The molecule has 0 radical (unpaired) electrons. The summed E-state index contributed by atoms with van der Waals surface area (Å²) in [6.07, 6.45) is -1.78. The zero-order chi connectivity index (χ0) is 12.6. The molecule has 3 N–H and O–H groups in total. The standard InChI is InChI=1S/C9H9FN2O5/c10-6-7(15)4(3-13)17-8(6)12-2-1-5(14)11-9(12)16/h1-2,4,7,13,15H,3H2,(H,11,14,16)/t4-,7?/m1/s1. The first-order valence-electron chi connectivity index (χ1n) is 4.72. The second kappa shape index (κ2) is 4.15. The van der Waals surface area contributed by atoms with Crippen LogP contribution in [0.5, 0.6) is 0 Å². The molecular formula is C9H9FN2O5. The monoisotopic (exact) mass is 244 g/mol. The maximum Gasteiger partial charge on any atom is 0.335 e. The molecule has 2 heterocycles. The highest BCUT2D eigenvalue weighted by atomic mass is 19.1. The van der Waals surface area contributed by atoms with E-state index in [-0.39, 0.29) is 0 Å². The molecule has 2 rings (SSSR count). The highest BCUT2D eigenvalue weighted by molar-refractivity contribution is 5.45. The number of ether oxygens (including phenoxy) is 1. The zero-order valence-electron chi connectivity index (χ0n) is 8.46. The van der Waals surface area contributed by atoms with Crippen LogP contribution < -0.4 is 11.2 Å². The molecule has 0 bridgehead atoms. The molecule has 1 aliphatic rings. The first-order chi connectivity index (χ1) is 8.04. The predicted octanol–water partition coefficient (Wildman–Crippen LogP) is -1.62. The minimum Gasteiger partial charge on any atom is -0.468 e. The Morgan fingerprint density at radius 2 is 2.24 bits per heavy atom. The number of aromatic nitrogens is 2. The lowest BCUT2D eigenvalue weighted by atomic mass is 10.2. The van der Waals surface area contributed by atoms with Gasteiger partial charge in [0.1, 0.15) is 6.10 Å². The fourth-order valence-electron chi connectivity index (χ4n) is 1.44. The average molecular weight is 244 g/mol. The van der Waals surface area contributed by atoms with Crippen LogP contribution in [0.3, 0.4) is 0 Å². The first kappa shape index (κ1) is 11.6. The molecule has 1 aromatic heterocycles. The van der Waals surface area contributed by atoms with Gasteiger partial charge in [-0.15, -0.1) is 0 Å². The third-order valence-corrected chi connectivity index (χ3v) is 2.30. The summed E-state index contributed by atoms with van der Waals surface area (Å²) in [5.74, 6) is -1.60. The number of nitrogens with one attached hydrogen (secondary N) is 1. The molecule has 0 saturated heterocycles. The molecule has 92 valence electrons. The number of aliphatic hydroxyl groups is 2. The number of nitrogens with zero attached hydrogens (tertiary/aromatic N) is 1. The summed E-state index contributed by atoms with van der Waals surface area (Å²) in [5.41, 5.74) is -1.53. The van der Waals surface area contributed by atoms with Gasteiger partial charge in [0.25, 0.3) is 5.56 Å². The number of aromatic amines is 1. The number of hydrogen-bond donors (Lipinski definition) is 3. The third kappa shape index (κ3) is 1.87. The van der Waals surface area contributed by atoms with E-state index in [4.69, 9.17) is 9.84 Å². The SMILES string of the molecule is O=c1ccn(C2=C(F)C(O)[C@@H](CO)O2)c(=O)[nH]1. The molecule has 1 unspecified atom stereocenters. The molecule has 0 saturated carbocycles. The van der Waals surface area contributed by atoms with Crippen molar-refractivity contribution >= 4 is 5.88 Å². The smallest absolute Gasteiger partial charge is 0.335 e. The van der Waals surface area contributed by atoms with E-state index in [1.54, 1.807) is 0 Å². The second-order valence-electron chi connectivity index (χ2n) is 3.42. The molecule has 8 heteroatoms. The van der Waals surface area contributed by atoms with Crippen molar-refractivity contribution in [2.45, 2.75) is 12.2 Å². The van der Waals surface area contributed by atoms with Gasteiger partial charge in [-0.1, -0.05) is 0 Å². The molecule has 0 amide bonds. The van der Waals surface area contributed by atoms with Crippen molar-refractivity contribution < 1.29 is 19.3 Å². The summed E-state index contributed by atoms with van der Waals surface area (Å²) in [6, 6.07) is 1.00. The van der Waals surface area contributed by atoms with Crippen LogP contribution in [0.15, 0.2) is 27.7 Å². The predicted molar refractivity (Wildman–Crippen MR) is 53.6 cm³/mol. The summed E-state index contributed by atoms with van der Waals surface area (Å²) in [5, 5.41) is 18.1. The molecular weight excluding hydrogens is 235 g/mol. The number of H-pyrrole nitrogens is 1. The fourth-order valence-corrected chi connectivity index (χ4v) is 1.44. The van der Waals surface area contributed by atoms with E-state index in [0.29, 0.717) is 4.57 Å². The van der Waals surface area contributed by atoms with E-state index in [1.807, 2.05) is 4.98 Å². The second-order valence-corrected chi connectivity index (χ2v) is 3.42. The van der Waals surface area contributed by atoms with Crippen molar-refractivity contribution in [3.05, 3.63) is 38.9 Å². The Morgan fingerprint density at radius 1 is 1.53 bits per heavy atom. The van der Waals surface area contributed by atoms with E-state index < -0.39 is 41.8 Å². The van der Waals surface area contributed by atoms with Crippen LogP contribution in [0.25, 0.3) is 5.88 Å². The van der Waals surface area contributed by atoms with E-state index in [1.165, 1.54) is 0 Å². The average Bonchev–Trinajstić information content (AvgIpc) is 2.57. The van der Waals surface area contributed by atoms with Crippen LogP contribution in [0.4, 0.5) is 4.39 Å². The van der Waals surface area contributed by atoms with Gasteiger partial charge in [0.05, 0.1) is 6.61 Å². The molecule has 1 aromatic rings. The number of halogens is 1. The Kier molecular flexibility index (Phi) is 2.82. The molecule has 0 spiro atoms. The minimum atomic E-state index is -1.63. The first-order valence-corrected chi connectivity index (χ1v) is 4.72. The summed E-state index contributed by atoms with van der Waals surface area (Å²) in [7, 11) is 0. The normalized spacial score (nSPS) is 23.9. The van der Waals surface area contributed by atoms with E-state index in [2.05, 4.69) is 0 Å². The van der Waals surface area contributed by atoms with Crippen molar-refractivity contribution in [3.63, 3.8) is 0 Å². The zero-order valence-corrected chi connectivity index (χ0v) is 8.46. The molecule has 7 nitrogen and oxygen atoms in total. The fraction of sp³-hybridized carbons (Fsp3) is 0.333. The minimum absolute atomic E-state index is 0.530. The van der Waals surface area contributed by atoms with Crippen LogP contribution in [0.2, 0.25) is 0 Å². The quantitative estimate of drug-likeness (QED) is 0.580. The Hall–Kier alpha value is -1.93. The summed E-state index contributed by atoms with van der Waals surface area (Å²) < 4.78 is 19.1. The molecule has 0 aliphatic carbocycles. The maximum absolute atomic E-state index is 13.5. The highest BCUT2D eigenvalue weighted by Crippen LogP contribution is 2.28. The molecule has 0 fully saturated rings. The van der Waals surface area contributed by atoms with Gasteiger partial charge in [-0.2, -0.15) is 0 Å². The van der Waals surface area contributed by atoms with Crippen LogP contribution in [-0.2, 0) is 4.74 Å². The van der Waals surface area contributed by atoms with Gasteiger partial charge in [0, 0.05) is 12.3 Å². The molecule has 17 heavy (non-hydrogen) atoms. The Labute approximate surface area is 93.4 Å². The molecule has 0 aromatic carbocycles. The topological polar surface area (TPSA) is 105 Å². The Balaban J connectivity index is 2.48. The maximum atomic E-state index is 13.5.